The number of urea groups is 1. The first kappa shape index (κ1) is 17.3. The fourth-order valence-corrected chi connectivity index (χ4v) is 3.75. The number of nitrogens with zero attached hydrogens (tertiary/aromatic N) is 1. The summed E-state index contributed by atoms with van der Waals surface area (Å²) in [6.07, 6.45) is 2.27. The van der Waals surface area contributed by atoms with E-state index in [1.165, 1.54) is 0 Å². The summed E-state index contributed by atoms with van der Waals surface area (Å²) in [6, 6.07) is -0.531. The summed E-state index contributed by atoms with van der Waals surface area (Å²) in [5.41, 5.74) is 0. The molecule has 1 fully saturated rings. The molecule has 0 spiro atoms. The van der Waals surface area contributed by atoms with E-state index in [2.05, 4.69) is 5.32 Å². The van der Waals surface area contributed by atoms with E-state index in [0.29, 0.717) is 24.5 Å². The Bertz CT molecular complexity index is 378. The lowest BCUT2D eigenvalue weighted by atomic mass is 10.2. The molecule has 0 aliphatic carbocycles. The molecule has 0 saturated carbocycles. The van der Waals surface area contributed by atoms with E-state index >= 15 is 0 Å². The smallest absolute Gasteiger partial charge is 0.317 e. The van der Waals surface area contributed by atoms with Gasteiger partial charge >= 0.3 is 12.0 Å². The highest BCUT2D eigenvalue weighted by Gasteiger charge is 2.29. The second-order valence-electron chi connectivity index (χ2n) is 4.94. The van der Waals surface area contributed by atoms with Crippen LogP contribution in [0.25, 0.3) is 0 Å². The van der Waals surface area contributed by atoms with Gasteiger partial charge in [0.15, 0.2) is 0 Å². The first-order valence-electron chi connectivity index (χ1n) is 6.57. The number of thioether (sulfide) groups is 1. The van der Waals surface area contributed by atoms with E-state index in [4.69, 9.17) is 5.11 Å². The molecule has 0 aromatic rings. The molecule has 1 rings (SSSR count). The van der Waals surface area contributed by atoms with E-state index in [0.717, 1.165) is 5.75 Å². The molecule has 0 radical (unpaired) electrons. The average Bonchev–Trinajstić information content (AvgIpc) is 2.36. The number of nitrogens with one attached hydrogen (secondary N) is 1. The number of aliphatic carboxylic acids is 1. The molecule has 0 bridgehead atoms. The third-order valence-corrected chi connectivity index (χ3v) is 5.01. The van der Waals surface area contributed by atoms with Crippen molar-refractivity contribution < 1.29 is 18.9 Å². The maximum Gasteiger partial charge on any atom is 0.317 e. The minimum atomic E-state index is -0.885. The van der Waals surface area contributed by atoms with Gasteiger partial charge in [-0.2, -0.15) is 11.8 Å². The van der Waals surface area contributed by atoms with Gasteiger partial charge < -0.3 is 15.3 Å². The SMILES string of the molecule is CC(CCS(C)=O)NC(=O)N1CCSCC1CC(=O)O. The Labute approximate surface area is 126 Å². The van der Waals surface area contributed by atoms with Crippen molar-refractivity contribution in [3.8, 4) is 0 Å². The predicted molar refractivity (Wildman–Crippen MR) is 81.6 cm³/mol. The van der Waals surface area contributed by atoms with Gasteiger partial charge in [0.2, 0.25) is 0 Å². The Morgan fingerprint density at radius 3 is 2.85 bits per heavy atom. The van der Waals surface area contributed by atoms with Gasteiger partial charge in [-0.3, -0.25) is 9.00 Å². The van der Waals surface area contributed by atoms with Gasteiger partial charge in [0.1, 0.15) is 0 Å². The highest BCUT2D eigenvalue weighted by molar-refractivity contribution is 7.99. The molecule has 6 nitrogen and oxygen atoms in total. The summed E-state index contributed by atoms with van der Waals surface area (Å²) in [5, 5.41) is 11.7. The summed E-state index contributed by atoms with van der Waals surface area (Å²) in [7, 11) is -0.866. The van der Waals surface area contributed by atoms with Crippen molar-refractivity contribution >= 4 is 34.6 Å². The lowest BCUT2D eigenvalue weighted by molar-refractivity contribution is -0.138. The van der Waals surface area contributed by atoms with E-state index in [1.807, 2.05) is 6.92 Å². The molecular weight excluding hydrogens is 300 g/mol. The number of carboxylic acid groups (broad SMARTS) is 1. The summed E-state index contributed by atoms with van der Waals surface area (Å²) in [5.74, 6) is 1.16. The third-order valence-electron chi connectivity index (χ3n) is 3.11. The monoisotopic (exact) mass is 322 g/mol. The third kappa shape index (κ3) is 6.13. The standard InChI is InChI=1S/C12H22N2O4S2/c1-9(3-6-20(2)18)13-12(17)14-4-5-19-8-10(14)7-11(15)16/h9-10H,3-8H2,1-2H3,(H,13,17)(H,15,16). The van der Waals surface area contributed by atoms with Crippen LogP contribution in [-0.4, -0.2) is 68.4 Å². The van der Waals surface area contributed by atoms with Crippen LogP contribution < -0.4 is 5.32 Å². The van der Waals surface area contributed by atoms with Gasteiger partial charge in [0.25, 0.3) is 0 Å². The second-order valence-corrected chi connectivity index (χ2v) is 7.64. The molecule has 0 aromatic heterocycles. The first-order valence-corrected chi connectivity index (χ1v) is 9.45. The summed E-state index contributed by atoms with van der Waals surface area (Å²) in [6.45, 7) is 2.44. The lowest BCUT2D eigenvalue weighted by Crippen LogP contribution is -2.53. The fraction of sp³-hybridized carbons (Fsp3) is 0.833. The molecule has 3 unspecified atom stereocenters. The number of carbonyl (C=O) groups is 2. The van der Waals surface area contributed by atoms with Crippen molar-refractivity contribution in [2.75, 3.05) is 30.1 Å². The van der Waals surface area contributed by atoms with Gasteiger partial charge in [-0.25, -0.2) is 4.79 Å². The second kappa shape index (κ2) is 8.51. The lowest BCUT2D eigenvalue weighted by Gasteiger charge is -2.35. The molecule has 2 N–H and O–H groups in total. The summed E-state index contributed by atoms with van der Waals surface area (Å²) in [4.78, 5) is 24.6. The van der Waals surface area contributed by atoms with Crippen LogP contribution in [-0.2, 0) is 15.6 Å². The molecule has 116 valence electrons. The van der Waals surface area contributed by atoms with E-state index in [-0.39, 0.29) is 24.5 Å². The van der Waals surface area contributed by atoms with Gasteiger partial charge in [-0.1, -0.05) is 0 Å². The van der Waals surface area contributed by atoms with E-state index in [9.17, 15) is 13.8 Å². The molecular formula is C12H22N2O4S2. The highest BCUT2D eigenvalue weighted by atomic mass is 32.2. The van der Waals surface area contributed by atoms with Crippen LogP contribution in [0.4, 0.5) is 4.79 Å². The summed E-state index contributed by atoms with van der Waals surface area (Å²) < 4.78 is 11.0. The molecule has 0 aromatic carbocycles. The predicted octanol–water partition coefficient (Wildman–Crippen LogP) is 0.745. The quantitative estimate of drug-likeness (QED) is 0.753. The molecule has 1 saturated heterocycles. The minimum Gasteiger partial charge on any atom is -0.481 e. The topological polar surface area (TPSA) is 86.7 Å². The first-order chi connectivity index (χ1) is 9.40. The van der Waals surface area contributed by atoms with Crippen molar-refractivity contribution in [1.82, 2.24) is 10.2 Å². The van der Waals surface area contributed by atoms with Gasteiger partial charge in [0, 0.05) is 46.9 Å². The van der Waals surface area contributed by atoms with Crippen LogP contribution in [0.1, 0.15) is 19.8 Å². The number of hydrogen-bond donors (Lipinski definition) is 2. The number of carbonyl (C=O) groups excluding carboxylic acids is 1. The molecule has 3 atom stereocenters. The van der Waals surface area contributed by atoms with Crippen LogP contribution in [0.15, 0.2) is 0 Å². The van der Waals surface area contributed by atoms with Gasteiger partial charge in [-0.05, 0) is 13.3 Å². The number of rotatable bonds is 6. The molecule has 1 heterocycles. The maximum atomic E-state index is 12.2. The Kier molecular flexibility index (Phi) is 7.36. The Hall–Kier alpha value is -0.760. The Morgan fingerprint density at radius 1 is 1.55 bits per heavy atom. The molecule has 2 amide bonds. The average molecular weight is 322 g/mol. The van der Waals surface area contributed by atoms with E-state index < -0.39 is 16.8 Å². The van der Waals surface area contributed by atoms with Crippen LogP contribution in [0.3, 0.4) is 0 Å². The molecule has 1 aliphatic heterocycles. The molecule has 1 aliphatic rings. The largest absolute Gasteiger partial charge is 0.481 e. The molecule has 8 heteroatoms. The Morgan fingerprint density at radius 2 is 2.25 bits per heavy atom. The number of amides is 2. The number of hydrogen-bond acceptors (Lipinski definition) is 4. The van der Waals surface area contributed by atoms with Gasteiger partial charge in [-0.15, -0.1) is 0 Å². The summed E-state index contributed by atoms with van der Waals surface area (Å²) >= 11 is 1.67. The van der Waals surface area contributed by atoms with Crippen molar-refractivity contribution in [2.45, 2.75) is 31.8 Å². The maximum absolute atomic E-state index is 12.2. The normalized spacial score (nSPS) is 22.1. The Balaban J connectivity index is 2.50. The van der Waals surface area contributed by atoms with Crippen LogP contribution in [0.2, 0.25) is 0 Å². The number of carboxylic acids is 1. The van der Waals surface area contributed by atoms with Crippen LogP contribution in [0.5, 0.6) is 0 Å². The minimum absolute atomic E-state index is 0.0201. The zero-order valence-corrected chi connectivity index (χ0v) is 13.5. The van der Waals surface area contributed by atoms with Crippen molar-refractivity contribution in [2.24, 2.45) is 0 Å². The van der Waals surface area contributed by atoms with Crippen LogP contribution >= 0.6 is 11.8 Å². The van der Waals surface area contributed by atoms with Gasteiger partial charge in [0.05, 0.1) is 12.5 Å². The van der Waals surface area contributed by atoms with Crippen molar-refractivity contribution in [1.29, 1.82) is 0 Å². The van der Waals surface area contributed by atoms with Crippen molar-refractivity contribution in [3.05, 3.63) is 0 Å². The van der Waals surface area contributed by atoms with E-state index in [1.54, 1.807) is 22.9 Å². The van der Waals surface area contributed by atoms with Crippen molar-refractivity contribution in [3.63, 3.8) is 0 Å². The molecule has 20 heavy (non-hydrogen) atoms. The highest BCUT2D eigenvalue weighted by Crippen LogP contribution is 2.19. The van der Waals surface area contributed by atoms with Crippen LogP contribution in [0, 0.1) is 0 Å². The fourth-order valence-electron chi connectivity index (χ4n) is 2.00. The zero-order valence-electron chi connectivity index (χ0n) is 11.8. The zero-order chi connectivity index (χ0) is 15.1.